The third kappa shape index (κ3) is 1.98. The second kappa shape index (κ2) is 4.42. The summed E-state index contributed by atoms with van der Waals surface area (Å²) >= 11 is 0. The van der Waals surface area contributed by atoms with Gasteiger partial charge < -0.3 is 5.11 Å². The summed E-state index contributed by atoms with van der Waals surface area (Å²) in [6, 6.07) is 1.50. The SMILES string of the molecule is Cc1cnc(-c2ccnc(C3(O)CC3)n2)c(F)c1C=O. The van der Waals surface area contributed by atoms with Crippen molar-refractivity contribution in [2.24, 2.45) is 0 Å². The molecule has 5 nitrogen and oxygen atoms in total. The van der Waals surface area contributed by atoms with E-state index in [0.29, 0.717) is 24.7 Å². The molecular formula is C14H12FN3O2. The molecule has 2 aromatic rings. The number of hydrogen-bond donors (Lipinski definition) is 1. The first kappa shape index (κ1) is 12.8. The highest BCUT2D eigenvalue weighted by Gasteiger charge is 2.45. The van der Waals surface area contributed by atoms with Crippen LogP contribution in [-0.4, -0.2) is 26.3 Å². The third-order valence-electron chi connectivity index (χ3n) is 3.41. The summed E-state index contributed by atoms with van der Waals surface area (Å²) in [7, 11) is 0. The minimum atomic E-state index is -0.995. The topological polar surface area (TPSA) is 76.0 Å². The van der Waals surface area contributed by atoms with Gasteiger partial charge in [-0.05, 0) is 31.4 Å². The Balaban J connectivity index is 2.12. The minimum absolute atomic E-state index is 0.00870. The Hall–Kier alpha value is -2.21. The lowest BCUT2D eigenvalue weighted by Crippen LogP contribution is -2.11. The molecule has 0 saturated heterocycles. The van der Waals surface area contributed by atoms with E-state index in [4.69, 9.17) is 0 Å². The Labute approximate surface area is 114 Å². The quantitative estimate of drug-likeness (QED) is 0.863. The molecule has 0 spiro atoms. The molecule has 6 heteroatoms. The Morgan fingerprint density at radius 3 is 2.80 bits per heavy atom. The fourth-order valence-electron chi connectivity index (χ4n) is 1.97. The first-order chi connectivity index (χ1) is 9.55. The Morgan fingerprint density at radius 1 is 1.40 bits per heavy atom. The Bertz CT molecular complexity index is 699. The van der Waals surface area contributed by atoms with Crippen LogP contribution < -0.4 is 0 Å². The van der Waals surface area contributed by atoms with Crippen molar-refractivity contribution in [3.05, 3.63) is 41.2 Å². The predicted octanol–water partition coefficient (Wildman–Crippen LogP) is 1.78. The molecule has 0 aromatic carbocycles. The van der Waals surface area contributed by atoms with Crippen molar-refractivity contribution < 1.29 is 14.3 Å². The molecule has 1 saturated carbocycles. The molecule has 102 valence electrons. The first-order valence-corrected chi connectivity index (χ1v) is 6.22. The maximum Gasteiger partial charge on any atom is 0.161 e. The summed E-state index contributed by atoms with van der Waals surface area (Å²) in [6.45, 7) is 1.61. The van der Waals surface area contributed by atoms with Gasteiger partial charge in [0.2, 0.25) is 0 Å². The van der Waals surface area contributed by atoms with Gasteiger partial charge in [0.15, 0.2) is 17.9 Å². The maximum absolute atomic E-state index is 14.2. The number of carbonyl (C=O) groups is 1. The number of nitrogens with zero attached hydrogens (tertiary/aromatic N) is 3. The van der Waals surface area contributed by atoms with Gasteiger partial charge in [0.05, 0.1) is 11.3 Å². The molecular weight excluding hydrogens is 261 g/mol. The monoisotopic (exact) mass is 273 g/mol. The van der Waals surface area contributed by atoms with Crippen molar-refractivity contribution in [2.45, 2.75) is 25.4 Å². The molecule has 2 aromatic heterocycles. The average Bonchev–Trinajstić information content (AvgIpc) is 3.19. The molecule has 1 N–H and O–H groups in total. The zero-order valence-electron chi connectivity index (χ0n) is 10.8. The number of aromatic nitrogens is 3. The lowest BCUT2D eigenvalue weighted by atomic mass is 10.1. The van der Waals surface area contributed by atoms with Gasteiger partial charge in [-0.25, -0.2) is 14.4 Å². The molecule has 3 rings (SSSR count). The van der Waals surface area contributed by atoms with Gasteiger partial charge in [-0.3, -0.25) is 9.78 Å². The van der Waals surface area contributed by atoms with Crippen LogP contribution in [0.1, 0.15) is 34.6 Å². The van der Waals surface area contributed by atoms with Crippen molar-refractivity contribution in [3.8, 4) is 11.4 Å². The van der Waals surface area contributed by atoms with E-state index in [1.807, 2.05) is 0 Å². The van der Waals surface area contributed by atoms with Gasteiger partial charge in [0.1, 0.15) is 11.3 Å². The lowest BCUT2D eigenvalue weighted by Gasteiger charge is -2.09. The normalized spacial score (nSPS) is 15.9. The van der Waals surface area contributed by atoms with E-state index in [1.54, 1.807) is 6.92 Å². The Morgan fingerprint density at radius 2 is 2.15 bits per heavy atom. The van der Waals surface area contributed by atoms with Gasteiger partial charge in [0.25, 0.3) is 0 Å². The van der Waals surface area contributed by atoms with Gasteiger partial charge in [-0.1, -0.05) is 0 Å². The zero-order valence-corrected chi connectivity index (χ0v) is 10.8. The van der Waals surface area contributed by atoms with Crippen LogP contribution in [0.3, 0.4) is 0 Å². The highest BCUT2D eigenvalue weighted by molar-refractivity contribution is 5.79. The molecule has 0 aliphatic heterocycles. The Kier molecular flexibility index (Phi) is 2.83. The summed E-state index contributed by atoms with van der Waals surface area (Å²) in [4.78, 5) is 23.1. The smallest absolute Gasteiger partial charge is 0.161 e. The van der Waals surface area contributed by atoms with Crippen molar-refractivity contribution >= 4 is 6.29 Å². The number of carbonyl (C=O) groups excluding carboxylic acids is 1. The molecule has 0 atom stereocenters. The molecule has 1 fully saturated rings. The van der Waals surface area contributed by atoms with Crippen molar-refractivity contribution in [1.29, 1.82) is 0 Å². The van der Waals surface area contributed by atoms with Gasteiger partial charge in [0, 0.05) is 12.4 Å². The van der Waals surface area contributed by atoms with Crippen molar-refractivity contribution in [1.82, 2.24) is 15.0 Å². The zero-order chi connectivity index (χ0) is 14.3. The lowest BCUT2D eigenvalue weighted by molar-refractivity contribution is 0.111. The van der Waals surface area contributed by atoms with Crippen LogP contribution in [0.25, 0.3) is 11.4 Å². The number of hydrogen-bond acceptors (Lipinski definition) is 5. The molecule has 0 amide bonds. The van der Waals surface area contributed by atoms with Crippen molar-refractivity contribution in [3.63, 3.8) is 0 Å². The van der Waals surface area contributed by atoms with E-state index in [-0.39, 0.29) is 22.8 Å². The summed E-state index contributed by atoms with van der Waals surface area (Å²) in [6.07, 6.45) is 4.54. The summed E-state index contributed by atoms with van der Waals surface area (Å²) in [5.41, 5.74) is -0.303. The summed E-state index contributed by atoms with van der Waals surface area (Å²) < 4.78 is 14.2. The summed E-state index contributed by atoms with van der Waals surface area (Å²) in [5.74, 6) is -0.433. The fourth-order valence-corrected chi connectivity index (χ4v) is 1.97. The van der Waals surface area contributed by atoms with Gasteiger partial charge in [-0.2, -0.15) is 0 Å². The van der Waals surface area contributed by atoms with Crippen LogP contribution in [0.15, 0.2) is 18.5 Å². The molecule has 1 aliphatic rings. The van der Waals surface area contributed by atoms with Crippen LogP contribution in [0.2, 0.25) is 0 Å². The fraction of sp³-hybridized carbons (Fsp3) is 0.286. The van der Waals surface area contributed by atoms with Crippen LogP contribution in [0.5, 0.6) is 0 Å². The van der Waals surface area contributed by atoms with Gasteiger partial charge >= 0.3 is 0 Å². The van der Waals surface area contributed by atoms with Crippen LogP contribution in [0.4, 0.5) is 4.39 Å². The van der Waals surface area contributed by atoms with Gasteiger partial charge in [-0.15, -0.1) is 0 Å². The second-order valence-corrected chi connectivity index (χ2v) is 4.93. The first-order valence-electron chi connectivity index (χ1n) is 6.22. The molecule has 0 bridgehead atoms. The van der Waals surface area contributed by atoms with Crippen LogP contribution in [0, 0.1) is 12.7 Å². The second-order valence-electron chi connectivity index (χ2n) is 4.93. The highest BCUT2D eigenvalue weighted by Crippen LogP contribution is 2.43. The molecule has 0 radical (unpaired) electrons. The van der Waals surface area contributed by atoms with E-state index in [2.05, 4.69) is 15.0 Å². The average molecular weight is 273 g/mol. The standard InChI is InChI=1S/C14H12FN3O2/c1-8-6-17-12(11(15)9(8)7-19)10-2-5-16-13(18-10)14(20)3-4-14/h2,5-7,20H,3-4H2,1H3. The van der Waals surface area contributed by atoms with Crippen LogP contribution in [-0.2, 0) is 5.60 Å². The van der Waals surface area contributed by atoms with E-state index in [9.17, 15) is 14.3 Å². The summed E-state index contributed by atoms with van der Waals surface area (Å²) in [5, 5.41) is 9.99. The van der Waals surface area contributed by atoms with E-state index < -0.39 is 11.4 Å². The number of aliphatic hydroxyl groups is 1. The van der Waals surface area contributed by atoms with Crippen molar-refractivity contribution in [2.75, 3.05) is 0 Å². The molecule has 1 aliphatic carbocycles. The molecule has 20 heavy (non-hydrogen) atoms. The number of rotatable bonds is 3. The van der Waals surface area contributed by atoms with E-state index in [0.717, 1.165) is 0 Å². The largest absolute Gasteiger partial charge is 0.382 e. The molecule has 2 heterocycles. The molecule has 0 unspecified atom stereocenters. The predicted molar refractivity (Wildman–Crippen MR) is 68.5 cm³/mol. The van der Waals surface area contributed by atoms with E-state index in [1.165, 1.54) is 18.5 Å². The number of halogens is 1. The maximum atomic E-state index is 14.2. The van der Waals surface area contributed by atoms with E-state index >= 15 is 0 Å². The highest BCUT2D eigenvalue weighted by atomic mass is 19.1. The number of aryl methyl sites for hydroxylation is 1. The minimum Gasteiger partial charge on any atom is -0.382 e. The van der Waals surface area contributed by atoms with Crippen LogP contribution >= 0.6 is 0 Å². The number of aldehydes is 1. The third-order valence-corrected chi connectivity index (χ3v) is 3.41. The number of pyridine rings is 1.